The number of aromatic nitrogens is 3. The molecule has 0 bridgehead atoms. The van der Waals surface area contributed by atoms with E-state index in [1.165, 1.54) is 0 Å². The fourth-order valence-electron chi connectivity index (χ4n) is 2.12. The Bertz CT molecular complexity index is 659. The van der Waals surface area contributed by atoms with Gasteiger partial charge in [-0.1, -0.05) is 6.07 Å². The molecule has 2 heterocycles. The Balaban J connectivity index is 1.92. The van der Waals surface area contributed by atoms with Crippen LogP contribution in [-0.4, -0.2) is 52.9 Å². The van der Waals surface area contributed by atoms with E-state index in [9.17, 15) is 4.79 Å². The molecular weight excluding hydrogens is 304 g/mol. The molecule has 1 amide bonds. The van der Waals surface area contributed by atoms with E-state index in [-0.39, 0.29) is 5.91 Å². The van der Waals surface area contributed by atoms with E-state index in [0.29, 0.717) is 18.2 Å². The summed E-state index contributed by atoms with van der Waals surface area (Å²) in [7, 11) is 4.07. The Morgan fingerprint density at radius 3 is 2.79 bits per heavy atom. The van der Waals surface area contributed by atoms with Crippen molar-refractivity contribution in [1.29, 1.82) is 0 Å². The summed E-state index contributed by atoms with van der Waals surface area (Å²) in [6, 6.07) is 7.27. The highest BCUT2D eigenvalue weighted by Crippen LogP contribution is 2.06. The maximum atomic E-state index is 12.3. The van der Waals surface area contributed by atoms with Gasteiger partial charge in [0.2, 0.25) is 5.95 Å². The molecule has 2 aromatic rings. The Kier molecular flexibility index (Phi) is 6.62. The molecular formula is C17H24N6O. The maximum absolute atomic E-state index is 12.3. The van der Waals surface area contributed by atoms with Crippen molar-refractivity contribution in [1.82, 2.24) is 25.2 Å². The molecule has 0 aliphatic carbocycles. The molecule has 0 saturated heterocycles. The second-order valence-electron chi connectivity index (χ2n) is 5.81. The smallest absolute Gasteiger partial charge is 0.270 e. The van der Waals surface area contributed by atoms with Gasteiger partial charge in [0.25, 0.3) is 5.91 Å². The van der Waals surface area contributed by atoms with Crippen molar-refractivity contribution in [2.75, 3.05) is 32.5 Å². The number of rotatable bonds is 8. The van der Waals surface area contributed by atoms with Gasteiger partial charge in [-0.15, -0.1) is 0 Å². The minimum atomic E-state index is -0.234. The summed E-state index contributed by atoms with van der Waals surface area (Å²) in [5.74, 6) is 0.249. The Labute approximate surface area is 142 Å². The van der Waals surface area contributed by atoms with Crippen LogP contribution in [0.15, 0.2) is 30.5 Å². The van der Waals surface area contributed by atoms with Gasteiger partial charge in [-0.25, -0.2) is 9.97 Å². The van der Waals surface area contributed by atoms with Crippen molar-refractivity contribution >= 4 is 11.9 Å². The molecule has 0 aliphatic rings. The molecule has 2 rings (SSSR count). The second-order valence-corrected chi connectivity index (χ2v) is 5.81. The minimum Gasteiger partial charge on any atom is -0.354 e. The third kappa shape index (κ3) is 5.92. The Morgan fingerprint density at radius 2 is 2.08 bits per heavy atom. The predicted molar refractivity (Wildman–Crippen MR) is 93.8 cm³/mol. The summed E-state index contributed by atoms with van der Waals surface area (Å²) in [6.45, 7) is 3.96. The highest BCUT2D eigenvalue weighted by atomic mass is 16.1. The number of pyridine rings is 1. The van der Waals surface area contributed by atoms with E-state index < -0.39 is 0 Å². The van der Waals surface area contributed by atoms with E-state index >= 15 is 0 Å². The highest BCUT2D eigenvalue weighted by Gasteiger charge is 2.10. The zero-order valence-corrected chi connectivity index (χ0v) is 14.4. The number of hydrogen-bond donors (Lipinski definition) is 2. The lowest BCUT2D eigenvalue weighted by molar-refractivity contribution is 0.0945. The highest BCUT2D eigenvalue weighted by molar-refractivity contribution is 5.92. The summed E-state index contributed by atoms with van der Waals surface area (Å²) >= 11 is 0. The van der Waals surface area contributed by atoms with Crippen LogP contribution in [0.2, 0.25) is 0 Å². The zero-order valence-electron chi connectivity index (χ0n) is 14.4. The first-order chi connectivity index (χ1) is 11.5. The standard InChI is InChI=1S/C17H24N6O/c1-13-11-15(16(24)20-12-14-7-4-5-8-18-14)22-17(21-13)19-9-6-10-23(2)3/h4-5,7-8,11H,6,9-10,12H2,1-3H3,(H,20,24)(H,19,21,22). The average Bonchev–Trinajstić information content (AvgIpc) is 2.57. The molecule has 0 spiro atoms. The second kappa shape index (κ2) is 8.93. The van der Waals surface area contributed by atoms with Gasteiger partial charge < -0.3 is 15.5 Å². The van der Waals surface area contributed by atoms with Gasteiger partial charge in [-0.2, -0.15) is 0 Å². The van der Waals surface area contributed by atoms with E-state index in [0.717, 1.165) is 30.9 Å². The van der Waals surface area contributed by atoms with Crippen LogP contribution in [0.3, 0.4) is 0 Å². The van der Waals surface area contributed by atoms with Gasteiger partial charge in [0.05, 0.1) is 12.2 Å². The van der Waals surface area contributed by atoms with Gasteiger partial charge in [0.1, 0.15) is 5.69 Å². The number of carbonyl (C=O) groups is 1. The van der Waals surface area contributed by atoms with Gasteiger partial charge in [-0.05, 0) is 52.2 Å². The summed E-state index contributed by atoms with van der Waals surface area (Å²) in [6.07, 6.45) is 2.68. The zero-order chi connectivity index (χ0) is 17.4. The largest absolute Gasteiger partial charge is 0.354 e. The van der Waals surface area contributed by atoms with Gasteiger partial charge in [0.15, 0.2) is 0 Å². The normalized spacial score (nSPS) is 10.7. The number of anilines is 1. The Hall–Kier alpha value is -2.54. The number of hydrogen-bond acceptors (Lipinski definition) is 6. The van der Waals surface area contributed by atoms with Crippen LogP contribution in [-0.2, 0) is 6.54 Å². The lowest BCUT2D eigenvalue weighted by Gasteiger charge is -2.11. The van der Waals surface area contributed by atoms with E-state index in [1.807, 2.05) is 39.2 Å². The van der Waals surface area contributed by atoms with E-state index in [4.69, 9.17) is 0 Å². The fraction of sp³-hybridized carbons (Fsp3) is 0.412. The first-order valence-electron chi connectivity index (χ1n) is 7.97. The van der Waals surface area contributed by atoms with Crippen LogP contribution in [0.25, 0.3) is 0 Å². The van der Waals surface area contributed by atoms with E-state index in [2.05, 4.69) is 30.5 Å². The molecule has 2 N–H and O–H groups in total. The first-order valence-corrected chi connectivity index (χ1v) is 7.97. The summed E-state index contributed by atoms with van der Waals surface area (Å²) < 4.78 is 0. The molecule has 0 radical (unpaired) electrons. The van der Waals surface area contributed by atoms with Crippen molar-refractivity contribution in [3.05, 3.63) is 47.5 Å². The van der Waals surface area contributed by atoms with Crippen LogP contribution in [0.5, 0.6) is 0 Å². The summed E-state index contributed by atoms with van der Waals surface area (Å²) in [5, 5.41) is 5.99. The number of carbonyl (C=O) groups excluding carboxylic acids is 1. The lowest BCUT2D eigenvalue weighted by Crippen LogP contribution is -2.25. The fourth-order valence-corrected chi connectivity index (χ4v) is 2.12. The molecule has 0 aromatic carbocycles. The third-order valence-corrected chi connectivity index (χ3v) is 3.31. The number of nitrogens with one attached hydrogen (secondary N) is 2. The van der Waals surface area contributed by atoms with Crippen molar-refractivity contribution in [3.8, 4) is 0 Å². The van der Waals surface area contributed by atoms with Crippen LogP contribution in [0.1, 0.15) is 28.3 Å². The summed E-state index contributed by atoms with van der Waals surface area (Å²) in [5.41, 5.74) is 1.91. The van der Waals surface area contributed by atoms with Crippen molar-refractivity contribution in [3.63, 3.8) is 0 Å². The topological polar surface area (TPSA) is 83.0 Å². The van der Waals surface area contributed by atoms with Gasteiger partial charge in [-0.3, -0.25) is 9.78 Å². The van der Waals surface area contributed by atoms with Gasteiger partial charge >= 0.3 is 0 Å². The molecule has 0 saturated carbocycles. The van der Waals surface area contributed by atoms with Crippen molar-refractivity contribution < 1.29 is 4.79 Å². The van der Waals surface area contributed by atoms with Crippen molar-refractivity contribution in [2.45, 2.75) is 19.9 Å². The van der Waals surface area contributed by atoms with Gasteiger partial charge in [0, 0.05) is 18.4 Å². The first kappa shape index (κ1) is 17.8. The maximum Gasteiger partial charge on any atom is 0.270 e. The summed E-state index contributed by atoms with van der Waals surface area (Å²) in [4.78, 5) is 27.2. The molecule has 7 heteroatoms. The number of amides is 1. The molecule has 7 nitrogen and oxygen atoms in total. The molecule has 0 atom stereocenters. The Morgan fingerprint density at radius 1 is 1.25 bits per heavy atom. The van der Waals surface area contributed by atoms with E-state index in [1.54, 1.807) is 12.3 Å². The molecule has 128 valence electrons. The van der Waals surface area contributed by atoms with Crippen LogP contribution < -0.4 is 10.6 Å². The SMILES string of the molecule is Cc1cc(C(=O)NCc2ccccn2)nc(NCCCN(C)C)n1. The molecule has 2 aromatic heterocycles. The minimum absolute atomic E-state index is 0.234. The number of aryl methyl sites for hydroxylation is 1. The number of nitrogens with zero attached hydrogens (tertiary/aromatic N) is 4. The molecule has 24 heavy (non-hydrogen) atoms. The predicted octanol–water partition coefficient (Wildman–Crippen LogP) is 1.47. The lowest BCUT2D eigenvalue weighted by atomic mass is 10.3. The molecule has 0 aliphatic heterocycles. The van der Waals surface area contributed by atoms with Crippen LogP contribution >= 0.6 is 0 Å². The molecule has 0 fully saturated rings. The van der Waals surface area contributed by atoms with Crippen molar-refractivity contribution in [2.24, 2.45) is 0 Å². The van der Waals surface area contributed by atoms with Crippen LogP contribution in [0, 0.1) is 6.92 Å². The molecule has 0 unspecified atom stereocenters. The third-order valence-electron chi connectivity index (χ3n) is 3.31. The monoisotopic (exact) mass is 328 g/mol. The quantitative estimate of drug-likeness (QED) is 0.714. The average molecular weight is 328 g/mol. The van der Waals surface area contributed by atoms with Crippen LogP contribution in [0.4, 0.5) is 5.95 Å².